The van der Waals surface area contributed by atoms with Crippen LogP contribution >= 0.6 is 0 Å². The maximum absolute atomic E-state index is 11.4. The first-order valence-corrected chi connectivity index (χ1v) is 6.46. The first kappa shape index (κ1) is 13.3. The molecule has 1 aromatic carbocycles. The summed E-state index contributed by atoms with van der Waals surface area (Å²) in [5.41, 5.74) is 5.63. The van der Waals surface area contributed by atoms with E-state index in [1.165, 1.54) is 20.3 Å². The smallest absolute Gasteiger partial charge is 0.341 e. The molecule has 0 amide bonds. The van der Waals surface area contributed by atoms with Crippen molar-refractivity contribution in [2.75, 3.05) is 26.2 Å². The Morgan fingerprint density at radius 2 is 1.88 bits per heavy atom. The van der Waals surface area contributed by atoms with Crippen molar-refractivity contribution in [1.82, 2.24) is 0 Å². The largest absolute Gasteiger partial charge is 0.496 e. The van der Waals surface area contributed by atoms with Crippen molar-refractivity contribution in [3.8, 4) is 5.75 Å². The number of carbonyl (C=O) groups excluding carboxylic acids is 1. The number of nitrogens with two attached hydrogens (primary N) is 1. The molecule has 0 saturated carbocycles. The molecule has 0 unspecified atom stereocenters. The number of nitrogen functional groups attached to an aromatic ring is 1. The Morgan fingerprint density at radius 3 is 2.29 bits per heavy atom. The molecule has 6 nitrogen and oxygen atoms in total. The molecular formula is C10H13NO5S. The van der Waals surface area contributed by atoms with Crippen LogP contribution in [0.5, 0.6) is 5.75 Å². The van der Waals surface area contributed by atoms with Gasteiger partial charge in [-0.3, -0.25) is 0 Å². The molecule has 94 valence electrons. The Hall–Kier alpha value is -1.76. The minimum Gasteiger partial charge on any atom is -0.496 e. The minimum absolute atomic E-state index is 0.0182. The van der Waals surface area contributed by atoms with E-state index in [4.69, 9.17) is 10.5 Å². The van der Waals surface area contributed by atoms with Crippen molar-refractivity contribution in [3.63, 3.8) is 0 Å². The van der Waals surface area contributed by atoms with E-state index in [2.05, 4.69) is 4.74 Å². The van der Waals surface area contributed by atoms with Gasteiger partial charge in [0.15, 0.2) is 9.84 Å². The van der Waals surface area contributed by atoms with Gasteiger partial charge in [-0.2, -0.15) is 0 Å². The highest BCUT2D eigenvalue weighted by molar-refractivity contribution is 7.90. The number of ether oxygens (including phenoxy) is 2. The molecule has 1 rings (SSSR count). The molecule has 0 radical (unpaired) electrons. The zero-order chi connectivity index (χ0) is 13.2. The summed E-state index contributed by atoms with van der Waals surface area (Å²) in [5.74, 6) is -0.520. The summed E-state index contributed by atoms with van der Waals surface area (Å²) in [7, 11) is -0.970. The van der Waals surface area contributed by atoms with Gasteiger partial charge in [-0.1, -0.05) is 0 Å². The monoisotopic (exact) mass is 259 g/mol. The molecule has 0 aliphatic rings. The Kier molecular flexibility index (Phi) is 3.62. The van der Waals surface area contributed by atoms with Crippen molar-refractivity contribution in [2.45, 2.75) is 4.90 Å². The van der Waals surface area contributed by atoms with E-state index in [9.17, 15) is 13.2 Å². The topological polar surface area (TPSA) is 95.7 Å². The number of rotatable bonds is 3. The lowest BCUT2D eigenvalue weighted by Crippen LogP contribution is -2.09. The number of methoxy groups -OCH3 is 2. The minimum atomic E-state index is -3.51. The lowest BCUT2D eigenvalue weighted by molar-refractivity contribution is 0.0597. The van der Waals surface area contributed by atoms with Gasteiger partial charge in [-0.25, -0.2) is 13.2 Å². The maximum Gasteiger partial charge on any atom is 0.341 e. The van der Waals surface area contributed by atoms with Gasteiger partial charge in [0.05, 0.1) is 24.8 Å². The van der Waals surface area contributed by atoms with E-state index in [-0.39, 0.29) is 21.9 Å². The third-order valence-electron chi connectivity index (χ3n) is 2.14. The molecule has 1 aromatic rings. The van der Waals surface area contributed by atoms with Gasteiger partial charge in [-0.05, 0) is 6.07 Å². The molecule has 0 atom stereocenters. The summed E-state index contributed by atoms with van der Waals surface area (Å²) in [4.78, 5) is 11.3. The van der Waals surface area contributed by atoms with E-state index in [0.29, 0.717) is 0 Å². The third kappa shape index (κ3) is 2.68. The molecule has 0 aliphatic heterocycles. The average Bonchev–Trinajstić information content (AvgIpc) is 2.25. The third-order valence-corrected chi connectivity index (χ3v) is 3.29. The number of benzene rings is 1. The van der Waals surface area contributed by atoms with E-state index >= 15 is 0 Å². The van der Waals surface area contributed by atoms with Gasteiger partial charge in [0.1, 0.15) is 11.3 Å². The van der Waals surface area contributed by atoms with E-state index in [1.54, 1.807) is 0 Å². The Morgan fingerprint density at radius 1 is 1.29 bits per heavy atom. The molecule has 0 aromatic heterocycles. The molecule has 0 bridgehead atoms. The van der Waals surface area contributed by atoms with Crippen LogP contribution in [0.15, 0.2) is 17.0 Å². The van der Waals surface area contributed by atoms with Crippen LogP contribution in [0.1, 0.15) is 10.4 Å². The van der Waals surface area contributed by atoms with Crippen LogP contribution < -0.4 is 10.5 Å². The van der Waals surface area contributed by atoms with Crippen molar-refractivity contribution < 1.29 is 22.7 Å². The molecule has 0 heterocycles. The standard InChI is InChI=1S/C10H13NO5S/c1-15-8-5-7(11)9(17(3,13)14)4-6(8)10(12)16-2/h4-5H,11H2,1-3H3. The molecule has 0 fully saturated rings. The number of carbonyl (C=O) groups is 1. The highest BCUT2D eigenvalue weighted by Crippen LogP contribution is 2.28. The van der Waals surface area contributed by atoms with Crippen LogP contribution in [-0.4, -0.2) is 34.9 Å². The summed E-state index contributed by atoms with van der Waals surface area (Å²) in [6.45, 7) is 0. The van der Waals surface area contributed by atoms with Crippen molar-refractivity contribution in [3.05, 3.63) is 17.7 Å². The highest BCUT2D eigenvalue weighted by Gasteiger charge is 2.20. The Balaban J connectivity index is 3.54. The summed E-state index contributed by atoms with van der Waals surface area (Å²) in [6, 6.07) is 2.43. The molecule has 0 saturated heterocycles. The van der Waals surface area contributed by atoms with Crippen LogP contribution in [-0.2, 0) is 14.6 Å². The average molecular weight is 259 g/mol. The summed E-state index contributed by atoms with van der Waals surface area (Å²) in [5, 5.41) is 0. The molecule has 2 N–H and O–H groups in total. The fourth-order valence-corrected chi connectivity index (χ4v) is 2.15. The number of sulfone groups is 1. The van der Waals surface area contributed by atoms with Gasteiger partial charge in [0, 0.05) is 12.3 Å². The lowest BCUT2D eigenvalue weighted by Gasteiger charge is -2.10. The van der Waals surface area contributed by atoms with Crippen LogP contribution in [0.4, 0.5) is 5.69 Å². The Bertz CT molecular complexity index is 550. The molecule has 17 heavy (non-hydrogen) atoms. The van der Waals surface area contributed by atoms with E-state index in [0.717, 1.165) is 12.3 Å². The maximum atomic E-state index is 11.4. The van der Waals surface area contributed by atoms with Crippen molar-refractivity contribution in [1.29, 1.82) is 0 Å². The predicted molar refractivity (Wildman–Crippen MR) is 61.9 cm³/mol. The van der Waals surface area contributed by atoms with E-state index < -0.39 is 15.8 Å². The van der Waals surface area contributed by atoms with Crippen LogP contribution in [0.3, 0.4) is 0 Å². The second kappa shape index (κ2) is 4.62. The van der Waals surface area contributed by atoms with Gasteiger partial charge in [0.2, 0.25) is 0 Å². The summed E-state index contributed by atoms with van der Waals surface area (Å²) in [6.07, 6.45) is 1.01. The van der Waals surface area contributed by atoms with Crippen molar-refractivity contribution >= 4 is 21.5 Å². The SMILES string of the molecule is COC(=O)c1cc(S(C)(=O)=O)c(N)cc1OC. The molecule has 0 aliphatic carbocycles. The zero-order valence-corrected chi connectivity index (χ0v) is 10.5. The highest BCUT2D eigenvalue weighted by atomic mass is 32.2. The molecule has 7 heteroatoms. The second-order valence-electron chi connectivity index (χ2n) is 3.35. The molecular weight excluding hydrogens is 246 g/mol. The summed E-state index contributed by atoms with van der Waals surface area (Å²) < 4.78 is 32.4. The van der Waals surface area contributed by atoms with Crippen LogP contribution in [0, 0.1) is 0 Å². The first-order valence-electron chi connectivity index (χ1n) is 4.57. The van der Waals surface area contributed by atoms with Gasteiger partial charge in [0.25, 0.3) is 0 Å². The quantitative estimate of drug-likeness (QED) is 0.626. The fourth-order valence-electron chi connectivity index (χ4n) is 1.34. The normalized spacial score (nSPS) is 11.0. The predicted octanol–water partition coefficient (Wildman–Crippen LogP) is 0.468. The van der Waals surface area contributed by atoms with Crippen LogP contribution in [0.25, 0.3) is 0 Å². The fraction of sp³-hybridized carbons (Fsp3) is 0.300. The number of hydrogen-bond acceptors (Lipinski definition) is 6. The Labute approximate surface area is 99.2 Å². The van der Waals surface area contributed by atoms with Crippen LogP contribution in [0.2, 0.25) is 0 Å². The van der Waals surface area contributed by atoms with E-state index in [1.807, 2.05) is 0 Å². The zero-order valence-electron chi connectivity index (χ0n) is 9.68. The van der Waals surface area contributed by atoms with Gasteiger partial charge >= 0.3 is 5.97 Å². The number of anilines is 1. The number of esters is 1. The molecule has 0 spiro atoms. The first-order chi connectivity index (χ1) is 7.81. The lowest BCUT2D eigenvalue weighted by atomic mass is 10.2. The summed E-state index contributed by atoms with van der Waals surface area (Å²) >= 11 is 0. The van der Waals surface area contributed by atoms with Gasteiger partial charge < -0.3 is 15.2 Å². The van der Waals surface area contributed by atoms with Crippen molar-refractivity contribution in [2.24, 2.45) is 0 Å². The van der Waals surface area contributed by atoms with Gasteiger partial charge in [-0.15, -0.1) is 0 Å². The second-order valence-corrected chi connectivity index (χ2v) is 5.34. The number of hydrogen-bond donors (Lipinski definition) is 1.